The van der Waals surface area contributed by atoms with Gasteiger partial charge >= 0.3 is 0 Å². The smallest absolute Gasteiger partial charge is 0.252 e. The van der Waals surface area contributed by atoms with Crippen molar-refractivity contribution in [3.05, 3.63) is 95.6 Å². The minimum Gasteiger partial charge on any atom is -0.353 e. The monoisotopic (exact) mass is 439 g/mol. The van der Waals surface area contributed by atoms with Gasteiger partial charge in [-0.15, -0.1) is 0 Å². The van der Waals surface area contributed by atoms with Crippen LogP contribution in [0.2, 0.25) is 0 Å². The van der Waals surface area contributed by atoms with E-state index in [4.69, 9.17) is 0 Å². The number of nitrogens with zero attached hydrogens (tertiary/aromatic N) is 1. The van der Waals surface area contributed by atoms with Gasteiger partial charge in [-0.25, -0.2) is 0 Å². The third kappa shape index (κ3) is 4.12. The second-order valence-corrected chi connectivity index (χ2v) is 8.44. The van der Waals surface area contributed by atoms with Crippen LogP contribution in [0.3, 0.4) is 0 Å². The van der Waals surface area contributed by atoms with E-state index in [1.807, 2.05) is 72.8 Å². The quantitative estimate of drug-likeness (QED) is 0.641. The lowest BCUT2D eigenvalue weighted by molar-refractivity contribution is -0.143. The zero-order valence-electron chi connectivity index (χ0n) is 18.2. The summed E-state index contributed by atoms with van der Waals surface area (Å²) in [4.78, 5) is 40.2. The molecule has 166 valence electrons. The number of fused-ring (bicyclic) bond motifs is 1. The first-order valence-electron chi connectivity index (χ1n) is 11.2. The Kier molecular flexibility index (Phi) is 5.65. The Morgan fingerprint density at radius 2 is 1.58 bits per heavy atom. The van der Waals surface area contributed by atoms with Gasteiger partial charge in [-0.2, -0.15) is 0 Å². The largest absolute Gasteiger partial charge is 0.353 e. The fourth-order valence-electron chi connectivity index (χ4n) is 4.80. The van der Waals surface area contributed by atoms with Gasteiger partial charge in [0.2, 0.25) is 11.8 Å². The molecule has 2 heterocycles. The van der Waals surface area contributed by atoms with Gasteiger partial charge in [0.1, 0.15) is 6.04 Å². The average Bonchev–Trinajstić information content (AvgIpc) is 3.16. The molecule has 0 radical (unpaired) electrons. The number of piperazine rings is 1. The highest BCUT2D eigenvalue weighted by atomic mass is 16.2. The SMILES string of the molecule is O=C1N[C@@H](CC(=O)N2CCNC(=O)[C@@H]2Cc2ccccc2-c2ccccc2)c2ccccc21. The van der Waals surface area contributed by atoms with Gasteiger partial charge in [-0.05, 0) is 28.3 Å². The van der Waals surface area contributed by atoms with Crippen LogP contribution in [0.4, 0.5) is 0 Å². The Hall–Kier alpha value is -3.93. The lowest BCUT2D eigenvalue weighted by atomic mass is 9.93. The van der Waals surface area contributed by atoms with Crippen LogP contribution in [0.1, 0.15) is 33.9 Å². The molecular formula is C27H25N3O3. The number of hydrogen-bond donors (Lipinski definition) is 2. The first-order chi connectivity index (χ1) is 16.1. The van der Waals surface area contributed by atoms with Gasteiger partial charge < -0.3 is 15.5 Å². The van der Waals surface area contributed by atoms with E-state index in [2.05, 4.69) is 10.6 Å². The number of carbonyl (C=O) groups is 3. The van der Waals surface area contributed by atoms with Crippen LogP contribution in [-0.4, -0.2) is 41.8 Å². The lowest BCUT2D eigenvalue weighted by Gasteiger charge is -2.36. The normalized spacial score (nSPS) is 19.6. The van der Waals surface area contributed by atoms with Gasteiger partial charge in [0, 0.05) is 25.1 Å². The van der Waals surface area contributed by atoms with E-state index < -0.39 is 6.04 Å². The molecule has 2 atom stereocenters. The summed E-state index contributed by atoms with van der Waals surface area (Å²) in [6.07, 6.45) is 0.559. The Morgan fingerprint density at radius 3 is 2.39 bits per heavy atom. The molecule has 0 spiro atoms. The predicted octanol–water partition coefficient (Wildman–Crippen LogP) is 3.10. The predicted molar refractivity (Wildman–Crippen MR) is 125 cm³/mol. The maximum absolute atomic E-state index is 13.4. The minimum atomic E-state index is -0.594. The molecule has 0 bridgehead atoms. The zero-order valence-corrected chi connectivity index (χ0v) is 18.2. The lowest BCUT2D eigenvalue weighted by Crippen LogP contribution is -2.58. The molecule has 5 rings (SSSR count). The zero-order chi connectivity index (χ0) is 22.8. The van der Waals surface area contributed by atoms with Crippen molar-refractivity contribution in [2.75, 3.05) is 13.1 Å². The van der Waals surface area contributed by atoms with E-state index in [0.717, 1.165) is 22.3 Å². The first-order valence-corrected chi connectivity index (χ1v) is 11.2. The highest BCUT2D eigenvalue weighted by Crippen LogP contribution is 2.30. The second kappa shape index (κ2) is 8.90. The molecular weight excluding hydrogens is 414 g/mol. The molecule has 3 amide bonds. The average molecular weight is 440 g/mol. The molecule has 1 saturated heterocycles. The molecule has 6 heteroatoms. The molecule has 0 unspecified atom stereocenters. The fraction of sp³-hybridized carbons (Fsp3) is 0.222. The van der Waals surface area contributed by atoms with Crippen LogP contribution >= 0.6 is 0 Å². The first kappa shape index (κ1) is 20.9. The number of hydrogen-bond acceptors (Lipinski definition) is 3. The van der Waals surface area contributed by atoms with Crippen LogP contribution < -0.4 is 10.6 Å². The van der Waals surface area contributed by atoms with Gasteiger partial charge in [0.25, 0.3) is 5.91 Å². The molecule has 0 aromatic heterocycles. The molecule has 1 fully saturated rings. The van der Waals surface area contributed by atoms with E-state index in [1.165, 1.54) is 0 Å². The topological polar surface area (TPSA) is 78.5 Å². The maximum Gasteiger partial charge on any atom is 0.252 e. The number of amides is 3. The molecule has 2 aliphatic rings. The van der Waals surface area contributed by atoms with Crippen LogP contribution in [0, 0.1) is 0 Å². The molecule has 6 nitrogen and oxygen atoms in total. The van der Waals surface area contributed by atoms with Crippen molar-refractivity contribution in [1.29, 1.82) is 0 Å². The van der Waals surface area contributed by atoms with Crippen LogP contribution in [0.5, 0.6) is 0 Å². The Balaban J connectivity index is 1.38. The van der Waals surface area contributed by atoms with Crippen molar-refractivity contribution in [3.8, 4) is 11.1 Å². The summed E-state index contributed by atoms with van der Waals surface area (Å²) in [6, 6.07) is 24.4. The third-order valence-corrected chi connectivity index (χ3v) is 6.43. The Morgan fingerprint density at radius 1 is 0.879 bits per heavy atom. The minimum absolute atomic E-state index is 0.131. The summed E-state index contributed by atoms with van der Waals surface area (Å²) >= 11 is 0. The van der Waals surface area contributed by atoms with Gasteiger partial charge in [0.05, 0.1) is 12.5 Å². The van der Waals surface area contributed by atoms with Gasteiger partial charge in [-0.3, -0.25) is 14.4 Å². The highest BCUT2D eigenvalue weighted by molar-refractivity contribution is 6.00. The Bertz CT molecular complexity index is 1210. The van der Waals surface area contributed by atoms with E-state index in [1.54, 1.807) is 11.0 Å². The summed E-state index contributed by atoms with van der Waals surface area (Å²) in [5.41, 5.74) is 4.60. The van der Waals surface area contributed by atoms with Crippen LogP contribution in [0.25, 0.3) is 11.1 Å². The van der Waals surface area contributed by atoms with Crippen LogP contribution in [0.15, 0.2) is 78.9 Å². The molecule has 2 N–H and O–H groups in total. The van der Waals surface area contributed by atoms with Gasteiger partial charge in [0.15, 0.2) is 0 Å². The molecule has 0 saturated carbocycles. The summed E-state index contributed by atoms with van der Waals surface area (Å²) in [5.74, 6) is -0.435. The van der Waals surface area contributed by atoms with Crippen molar-refractivity contribution >= 4 is 17.7 Å². The second-order valence-electron chi connectivity index (χ2n) is 8.44. The van der Waals surface area contributed by atoms with E-state index >= 15 is 0 Å². The fourth-order valence-corrected chi connectivity index (χ4v) is 4.80. The molecule has 33 heavy (non-hydrogen) atoms. The molecule has 3 aromatic rings. The summed E-state index contributed by atoms with van der Waals surface area (Å²) in [6.45, 7) is 0.875. The van der Waals surface area contributed by atoms with Crippen molar-refractivity contribution in [3.63, 3.8) is 0 Å². The van der Waals surface area contributed by atoms with E-state index in [-0.39, 0.29) is 30.2 Å². The summed E-state index contributed by atoms with van der Waals surface area (Å²) in [7, 11) is 0. The van der Waals surface area contributed by atoms with E-state index in [0.29, 0.717) is 25.1 Å². The van der Waals surface area contributed by atoms with E-state index in [9.17, 15) is 14.4 Å². The van der Waals surface area contributed by atoms with Crippen molar-refractivity contribution in [2.45, 2.75) is 24.9 Å². The molecule has 2 aliphatic heterocycles. The van der Waals surface area contributed by atoms with Crippen molar-refractivity contribution in [1.82, 2.24) is 15.5 Å². The van der Waals surface area contributed by atoms with Crippen LogP contribution in [-0.2, 0) is 16.0 Å². The van der Waals surface area contributed by atoms with Gasteiger partial charge in [-0.1, -0.05) is 72.8 Å². The molecule has 0 aliphatic carbocycles. The number of carbonyl (C=O) groups excluding carboxylic acids is 3. The molecule has 3 aromatic carbocycles. The standard InChI is InChI=1S/C27H25N3O3/c31-25(17-23-21-12-6-7-13-22(21)26(32)29-23)30-15-14-28-27(33)24(30)16-19-10-4-5-11-20(19)18-8-2-1-3-9-18/h1-13,23-24H,14-17H2,(H,28,33)(H,29,32)/t23-,24-/m0/s1. The summed E-state index contributed by atoms with van der Waals surface area (Å²) in [5, 5.41) is 5.82. The number of rotatable bonds is 5. The number of benzene rings is 3. The number of nitrogens with one attached hydrogen (secondary N) is 2. The summed E-state index contributed by atoms with van der Waals surface area (Å²) < 4.78 is 0. The Labute approximate surface area is 192 Å². The maximum atomic E-state index is 13.4. The van der Waals surface area contributed by atoms with Crippen molar-refractivity contribution < 1.29 is 14.4 Å². The van der Waals surface area contributed by atoms with Crippen molar-refractivity contribution in [2.24, 2.45) is 0 Å². The highest BCUT2D eigenvalue weighted by Gasteiger charge is 2.36. The third-order valence-electron chi connectivity index (χ3n) is 6.43.